The highest BCUT2D eigenvalue weighted by Crippen LogP contribution is 2.25. The molecule has 180 valence electrons. The molecule has 2 heterocycles. The first-order valence-corrected chi connectivity index (χ1v) is 13.7. The van der Waals surface area contributed by atoms with Crippen molar-refractivity contribution in [1.82, 2.24) is 19.9 Å². The van der Waals surface area contributed by atoms with Crippen LogP contribution in [0.25, 0.3) is 11.4 Å². The molecule has 1 aromatic carbocycles. The van der Waals surface area contributed by atoms with Gasteiger partial charge in [0.25, 0.3) is 0 Å². The zero-order chi connectivity index (χ0) is 23.3. The second-order valence-corrected chi connectivity index (χ2v) is 11.6. The summed E-state index contributed by atoms with van der Waals surface area (Å²) >= 11 is 0. The Hall–Kier alpha value is -2.26. The number of hydrogen-bond acceptors (Lipinski definition) is 7. The van der Waals surface area contributed by atoms with Crippen molar-refractivity contribution in [2.75, 3.05) is 38.5 Å². The summed E-state index contributed by atoms with van der Waals surface area (Å²) in [5.41, 5.74) is 2.14. The number of amides is 1. The van der Waals surface area contributed by atoms with Crippen LogP contribution in [-0.2, 0) is 21.1 Å². The van der Waals surface area contributed by atoms with Crippen molar-refractivity contribution in [3.05, 3.63) is 35.7 Å². The minimum Gasteiger partial charge on any atom is -0.340 e. The number of carbonyl (C=O) groups is 1. The van der Waals surface area contributed by atoms with Crippen LogP contribution in [0.15, 0.2) is 28.8 Å². The van der Waals surface area contributed by atoms with E-state index >= 15 is 0 Å². The monoisotopic (exact) mass is 474 g/mol. The number of aryl methyl sites for hydroxylation is 2. The van der Waals surface area contributed by atoms with Crippen molar-refractivity contribution in [3.8, 4) is 11.4 Å². The summed E-state index contributed by atoms with van der Waals surface area (Å²) in [7, 11) is -3.14. The maximum atomic E-state index is 12.5. The summed E-state index contributed by atoms with van der Waals surface area (Å²) in [4.78, 5) is 21.2. The Labute approximate surface area is 196 Å². The molecule has 0 N–H and O–H groups in total. The normalized spacial score (nSPS) is 18.2. The molecule has 1 aliphatic heterocycles. The van der Waals surface area contributed by atoms with Crippen LogP contribution < -0.4 is 0 Å². The molecular formula is C24H34N4O4S. The fraction of sp³-hybridized carbons (Fsp3) is 0.625. The van der Waals surface area contributed by atoms with Gasteiger partial charge in [-0.1, -0.05) is 47.8 Å². The number of aromatic nitrogens is 2. The molecule has 0 unspecified atom stereocenters. The van der Waals surface area contributed by atoms with Crippen LogP contribution >= 0.6 is 0 Å². The van der Waals surface area contributed by atoms with E-state index in [1.807, 2.05) is 36.1 Å². The molecule has 2 aliphatic rings. The van der Waals surface area contributed by atoms with Crippen molar-refractivity contribution < 1.29 is 17.7 Å². The van der Waals surface area contributed by atoms with E-state index in [9.17, 15) is 13.2 Å². The summed E-state index contributed by atoms with van der Waals surface area (Å²) in [5, 5.41) is 3.86. The number of sulfone groups is 1. The molecule has 33 heavy (non-hydrogen) atoms. The maximum Gasteiger partial charge on any atom is 0.227 e. The van der Waals surface area contributed by atoms with E-state index in [1.54, 1.807) is 0 Å². The molecule has 9 heteroatoms. The molecule has 0 radical (unpaired) electrons. The zero-order valence-electron chi connectivity index (χ0n) is 19.4. The fourth-order valence-corrected chi connectivity index (χ4v) is 6.50. The van der Waals surface area contributed by atoms with Crippen molar-refractivity contribution in [3.63, 3.8) is 0 Å². The number of rotatable bonds is 9. The lowest BCUT2D eigenvalue weighted by Crippen LogP contribution is -2.49. The average molecular weight is 475 g/mol. The average Bonchev–Trinajstić information content (AvgIpc) is 3.52. The van der Waals surface area contributed by atoms with Gasteiger partial charge in [0.05, 0.1) is 11.0 Å². The Kier molecular flexibility index (Phi) is 7.80. The molecule has 0 bridgehead atoms. The smallest absolute Gasteiger partial charge is 0.227 e. The van der Waals surface area contributed by atoms with Crippen LogP contribution in [0.4, 0.5) is 0 Å². The van der Waals surface area contributed by atoms with E-state index < -0.39 is 9.84 Å². The molecule has 1 aliphatic carbocycles. The first kappa shape index (κ1) is 23.9. The Morgan fingerprint density at radius 2 is 1.79 bits per heavy atom. The van der Waals surface area contributed by atoms with E-state index in [2.05, 4.69) is 15.0 Å². The highest BCUT2D eigenvalue weighted by atomic mass is 32.2. The van der Waals surface area contributed by atoms with Gasteiger partial charge in [-0.3, -0.25) is 9.69 Å². The lowest BCUT2D eigenvalue weighted by molar-refractivity contribution is -0.132. The molecule has 2 fully saturated rings. The number of carbonyl (C=O) groups excluding carboxylic acids is 1. The van der Waals surface area contributed by atoms with Crippen LogP contribution in [-0.4, -0.2) is 78.0 Å². The Morgan fingerprint density at radius 3 is 2.48 bits per heavy atom. The lowest BCUT2D eigenvalue weighted by Gasteiger charge is -2.34. The summed E-state index contributed by atoms with van der Waals surface area (Å²) < 4.78 is 30.2. The molecule has 1 saturated heterocycles. The van der Waals surface area contributed by atoms with Gasteiger partial charge < -0.3 is 9.42 Å². The second-order valence-electron chi connectivity index (χ2n) is 9.23. The SMILES string of the molecule is Cc1ccc(-c2noc(CCCN3CCN(C(=O)CCS(=O)(=O)C4CCCC4)CC3)n2)cc1. The predicted molar refractivity (Wildman–Crippen MR) is 126 cm³/mol. The van der Waals surface area contributed by atoms with E-state index in [-0.39, 0.29) is 23.3 Å². The van der Waals surface area contributed by atoms with Crippen molar-refractivity contribution in [1.29, 1.82) is 0 Å². The van der Waals surface area contributed by atoms with Gasteiger partial charge in [-0.25, -0.2) is 8.42 Å². The largest absolute Gasteiger partial charge is 0.340 e. The van der Waals surface area contributed by atoms with E-state index in [0.717, 1.165) is 63.7 Å². The molecule has 1 amide bonds. The third-order valence-corrected chi connectivity index (χ3v) is 9.04. The summed E-state index contributed by atoms with van der Waals surface area (Å²) in [6.45, 7) is 5.86. The maximum absolute atomic E-state index is 12.5. The van der Waals surface area contributed by atoms with Crippen LogP contribution in [0.5, 0.6) is 0 Å². The van der Waals surface area contributed by atoms with E-state index in [0.29, 0.717) is 24.8 Å². The molecule has 0 atom stereocenters. The third-order valence-electron chi connectivity index (χ3n) is 6.78. The molecule has 0 spiro atoms. The van der Waals surface area contributed by atoms with Crippen LogP contribution in [0, 0.1) is 6.92 Å². The Morgan fingerprint density at radius 1 is 1.09 bits per heavy atom. The number of nitrogens with zero attached hydrogens (tertiary/aromatic N) is 4. The van der Waals surface area contributed by atoms with Crippen LogP contribution in [0.2, 0.25) is 0 Å². The number of benzene rings is 1. The molecular weight excluding hydrogens is 440 g/mol. The van der Waals surface area contributed by atoms with Crippen LogP contribution in [0.3, 0.4) is 0 Å². The number of piperazine rings is 1. The van der Waals surface area contributed by atoms with E-state index in [4.69, 9.17) is 4.52 Å². The highest BCUT2D eigenvalue weighted by molar-refractivity contribution is 7.92. The Balaban J connectivity index is 1.15. The van der Waals surface area contributed by atoms with Gasteiger partial charge in [-0.2, -0.15) is 4.98 Å². The van der Waals surface area contributed by atoms with Crippen molar-refractivity contribution in [2.45, 2.75) is 57.1 Å². The molecule has 8 nitrogen and oxygen atoms in total. The molecule has 4 rings (SSSR count). The van der Waals surface area contributed by atoms with Crippen molar-refractivity contribution >= 4 is 15.7 Å². The summed E-state index contributed by atoms with van der Waals surface area (Å²) in [6, 6.07) is 8.05. The third kappa shape index (κ3) is 6.41. The topological polar surface area (TPSA) is 96.6 Å². The van der Waals surface area contributed by atoms with Gasteiger partial charge in [0.2, 0.25) is 17.6 Å². The first-order chi connectivity index (χ1) is 15.9. The van der Waals surface area contributed by atoms with Gasteiger partial charge >= 0.3 is 0 Å². The minimum atomic E-state index is -3.14. The molecule has 1 saturated carbocycles. The quantitative estimate of drug-likeness (QED) is 0.551. The number of hydrogen-bond donors (Lipinski definition) is 0. The highest BCUT2D eigenvalue weighted by Gasteiger charge is 2.30. The van der Waals surface area contributed by atoms with Crippen molar-refractivity contribution in [2.24, 2.45) is 0 Å². The summed E-state index contributed by atoms with van der Waals surface area (Å²) in [6.07, 6.45) is 5.22. The molecule has 1 aromatic heterocycles. The van der Waals surface area contributed by atoms with Crippen LogP contribution in [0.1, 0.15) is 50.0 Å². The Bertz CT molecular complexity index is 1020. The van der Waals surface area contributed by atoms with Gasteiger partial charge in [0.15, 0.2) is 9.84 Å². The van der Waals surface area contributed by atoms with Gasteiger partial charge in [0, 0.05) is 44.6 Å². The van der Waals surface area contributed by atoms with Gasteiger partial charge in [-0.05, 0) is 32.7 Å². The molecule has 2 aromatic rings. The lowest BCUT2D eigenvalue weighted by atomic mass is 10.1. The van der Waals surface area contributed by atoms with Gasteiger partial charge in [-0.15, -0.1) is 0 Å². The van der Waals surface area contributed by atoms with E-state index in [1.165, 1.54) is 5.56 Å². The predicted octanol–water partition coefficient (Wildman–Crippen LogP) is 2.87. The van der Waals surface area contributed by atoms with Gasteiger partial charge in [0.1, 0.15) is 0 Å². The second kappa shape index (κ2) is 10.8. The first-order valence-electron chi connectivity index (χ1n) is 12.0. The standard InChI is InChI=1S/C24H34N4O4S/c1-19-8-10-20(11-9-19)24-25-22(32-26-24)7-4-13-27-14-16-28(17-15-27)23(29)12-18-33(30,31)21-5-2-3-6-21/h8-11,21H,2-7,12-18H2,1H3. The minimum absolute atomic E-state index is 0.00846. The zero-order valence-corrected chi connectivity index (χ0v) is 20.2. The fourth-order valence-electron chi connectivity index (χ4n) is 4.65. The summed E-state index contributed by atoms with van der Waals surface area (Å²) in [5.74, 6) is 1.21.